The van der Waals surface area contributed by atoms with Crippen LogP contribution in [0.5, 0.6) is 0 Å². The van der Waals surface area contributed by atoms with E-state index in [4.69, 9.17) is 0 Å². The SMILES string of the molecule is CC(C)[C@H](NC(=O)C1CCN(C(=O)[C@@H]([NH3+])Cc2ccccc2)CC1)C(=O)O.[Cl-]. The molecule has 0 aliphatic carbocycles. The fraction of sp³-hybridized carbons (Fsp3) is 0.550. The number of carboxylic acids is 1. The fourth-order valence-corrected chi connectivity index (χ4v) is 3.39. The molecular formula is C20H30ClN3O4. The maximum absolute atomic E-state index is 12.6. The lowest BCUT2D eigenvalue weighted by atomic mass is 9.94. The van der Waals surface area contributed by atoms with Gasteiger partial charge in [0.1, 0.15) is 6.04 Å². The summed E-state index contributed by atoms with van der Waals surface area (Å²) < 4.78 is 0. The smallest absolute Gasteiger partial charge is 0.326 e. The summed E-state index contributed by atoms with van der Waals surface area (Å²) in [5.74, 6) is -1.70. The van der Waals surface area contributed by atoms with Gasteiger partial charge in [-0.2, -0.15) is 0 Å². The summed E-state index contributed by atoms with van der Waals surface area (Å²) >= 11 is 0. The Balaban J connectivity index is 0.00000392. The van der Waals surface area contributed by atoms with E-state index in [0.29, 0.717) is 32.4 Å². The molecule has 0 aromatic heterocycles. The number of hydrogen-bond acceptors (Lipinski definition) is 3. The number of nitrogens with zero attached hydrogens (tertiary/aromatic N) is 1. The van der Waals surface area contributed by atoms with Crippen LogP contribution in [0.1, 0.15) is 32.3 Å². The summed E-state index contributed by atoms with van der Waals surface area (Å²) in [6, 6.07) is 8.55. The van der Waals surface area contributed by atoms with Crippen molar-refractivity contribution in [3.05, 3.63) is 35.9 Å². The first-order valence-electron chi connectivity index (χ1n) is 9.48. The Morgan fingerprint density at radius 2 is 1.75 bits per heavy atom. The van der Waals surface area contributed by atoms with Gasteiger partial charge in [0.2, 0.25) is 5.91 Å². The second-order valence-electron chi connectivity index (χ2n) is 7.55. The third-order valence-corrected chi connectivity index (χ3v) is 5.08. The van der Waals surface area contributed by atoms with Crippen LogP contribution in [0.3, 0.4) is 0 Å². The van der Waals surface area contributed by atoms with E-state index in [1.165, 1.54) is 0 Å². The molecule has 2 amide bonds. The van der Waals surface area contributed by atoms with E-state index in [2.05, 4.69) is 11.1 Å². The highest BCUT2D eigenvalue weighted by atomic mass is 35.5. The first-order chi connectivity index (χ1) is 12.8. The number of aliphatic carboxylic acids is 1. The summed E-state index contributed by atoms with van der Waals surface area (Å²) in [5, 5.41) is 11.8. The molecule has 1 aromatic rings. The lowest BCUT2D eigenvalue weighted by Gasteiger charge is -2.32. The van der Waals surface area contributed by atoms with Gasteiger partial charge < -0.3 is 33.5 Å². The Morgan fingerprint density at radius 1 is 1.18 bits per heavy atom. The first kappa shape index (κ1) is 23.9. The van der Waals surface area contributed by atoms with Gasteiger partial charge >= 0.3 is 5.97 Å². The number of rotatable bonds is 7. The van der Waals surface area contributed by atoms with Crippen LogP contribution in [0.15, 0.2) is 30.3 Å². The number of quaternary nitrogens is 1. The monoisotopic (exact) mass is 411 g/mol. The maximum Gasteiger partial charge on any atom is 0.326 e. The van der Waals surface area contributed by atoms with Gasteiger partial charge in [0, 0.05) is 25.4 Å². The number of likely N-dealkylation sites (tertiary alicyclic amines) is 1. The Hall–Kier alpha value is -2.12. The maximum atomic E-state index is 12.6. The van der Waals surface area contributed by atoms with Crippen LogP contribution in [0.25, 0.3) is 0 Å². The second kappa shape index (κ2) is 11.0. The molecule has 156 valence electrons. The van der Waals surface area contributed by atoms with E-state index < -0.39 is 12.0 Å². The molecule has 7 nitrogen and oxygen atoms in total. The highest BCUT2D eigenvalue weighted by molar-refractivity contribution is 5.85. The average molecular weight is 412 g/mol. The molecule has 0 radical (unpaired) electrons. The van der Waals surface area contributed by atoms with Gasteiger partial charge in [0.15, 0.2) is 6.04 Å². The van der Waals surface area contributed by atoms with Crippen LogP contribution in [0, 0.1) is 11.8 Å². The van der Waals surface area contributed by atoms with Gasteiger partial charge in [0.25, 0.3) is 5.91 Å². The minimum atomic E-state index is -1.02. The van der Waals surface area contributed by atoms with Gasteiger partial charge in [-0.3, -0.25) is 9.59 Å². The number of carbonyl (C=O) groups is 3. The zero-order valence-electron chi connectivity index (χ0n) is 16.4. The van der Waals surface area contributed by atoms with Gasteiger partial charge in [-0.1, -0.05) is 44.2 Å². The molecule has 28 heavy (non-hydrogen) atoms. The van der Waals surface area contributed by atoms with Crippen molar-refractivity contribution in [2.45, 2.75) is 45.2 Å². The fourth-order valence-electron chi connectivity index (χ4n) is 3.39. The molecule has 5 N–H and O–H groups in total. The summed E-state index contributed by atoms with van der Waals surface area (Å²) in [6.45, 7) is 4.53. The highest BCUT2D eigenvalue weighted by Crippen LogP contribution is 2.19. The van der Waals surface area contributed by atoms with E-state index >= 15 is 0 Å². The zero-order chi connectivity index (χ0) is 20.0. The van der Waals surface area contributed by atoms with E-state index in [-0.39, 0.29) is 42.1 Å². The van der Waals surface area contributed by atoms with Gasteiger partial charge in [-0.25, -0.2) is 4.79 Å². The minimum absolute atomic E-state index is 0. The highest BCUT2D eigenvalue weighted by Gasteiger charge is 2.33. The number of carboxylic acid groups (broad SMARTS) is 1. The van der Waals surface area contributed by atoms with E-state index in [1.54, 1.807) is 18.7 Å². The predicted molar refractivity (Wildman–Crippen MR) is 101 cm³/mol. The molecule has 0 saturated carbocycles. The molecular weight excluding hydrogens is 382 g/mol. The average Bonchev–Trinajstić information content (AvgIpc) is 2.65. The zero-order valence-corrected chi connectivity index (χ0v) is 17.2. The van der Waals surface area contributed by atoms with Crippen molar-refractivity contribution in [3.63, 3.8) is 0 Å². The van der Waals surface area contributed by atoms with Gasteiger partial charge in [-0.05, 0) is 24.3 Å². The summed E-state index contributed by atoms with van der Waals surface area (Å²) in [6.07, 6.45) is 1.68. The van der Waals surface area contributed by atoms with E-state index in [9.17, 15) is 19.5 Å². The van der Waals surface area contributed by atoms with Crippen molar-refractivity contribution in [2.24, 2.45) is 11.8 Å². The third kappa shape index (κ3) is 6.49. The molecule has 1 aliphatic heterocycles. The number of nitrogens with one attached hydrogen (secondary N) is 1. The molecule has 2 rings (SSSR count). The number of piperidine rings is 1. The first-order valence-corrected chi connectivity index (χ1v) is 9.48. The number of carbonyl (C=O) groups excluding carboxylic acids is 2. The summed E-state index contributed by atoms with van der Waals surface area (Å²) in [4.78, 5) is 38.0. The molecule has 0 spiro atoms. The molecule has 1 aliphatic rings. The predicted octanol–water partition coefficient (Wildman–Crippen LogP) is -2.69. The van der Waals surface area contributed by atoms with Crippen molar-refractivity contribution in [3.8, 4) is 0 Å². The van der Waals surface area contributed by atoms with Crippen molar-refractivity contribution >= 4 is 17.8 Å². The molecule has 1 aromatic carbocycles. The molecule has 0 bridgehead atoms. The largest absolute Gasteiger partial charge is 1.00 e. The van der Waals surface area contributed by atoms with Crippen molar-refractivity contribution < 1.29 is 37.6 Å². The topological polar surface area (TPSA) is 114 Å². The van der Waals surface area contributed by atoms with Crippen LogP contribution in [0.2, 0.25) is 0 Å². The third-order valence-electron chi connectivity index (χ3n) is 5.08. The molecule has 2 atom stereocenters. The Labute approximate surface area is 172 Å². The van der Waals surface area contributed by atoms with Gasteiger partial charge in [0.05, 0.1) is 0 Å². The number of amides is 2. The van der Waals surface area contributed by atoms with Gasteiger partial charge in [-0.15, -0.1) is 0 Å². The molecule has 1 heterocycles. The quantitative estimate of drug-likeness (QED) is 0.453. The molecule has 0 unspecified atom stereocenters. The molecule has 1 saturated heterocycles. The van der Waals surface area contributed by atoms with Crippen LogP contribution >= 0.6 is 0 Å². The van der Waals surface area contributed by atoms with Crippen molar-refractivity contribution in [2.75, 3.05) is 13.1 Å². The minimum Gasteiger partial charge on any atom is -1.00 e. The molecule has 8 heteroatoms. The number of halogens is 1. The lowest BCUT2D eigenvalue weighted by Crippen LogP contribution is -3.00. The van der Waals surface area contributed by atoms with Crippen LogP contribution < -0.4 is 23.5 Å². The number of benzene rings is 1. The number of hydrogen-bond donors (Lipinski definition) is 3. The summed E-state index contributed by atoms with van der Waals surface area (Å²) in [5.41, 5.74) is 5.08. The van der Waals surface area contributed by atoms with Crippen LogP contribution in [0.4, 0.5) is 0 Å². The van der Waals surface area contributed by atoms with Crippen molar-refractivity contribution in [1.82, 2.24) is 10.2 Å². The standard InChI is InChI=1S/C20H29N3O4.ClH/c1-13(2)17(20(26)27)22-18(24)15-8-10-23(11-9-15)19(25)16(21)12-14-6-4-3-5-7-14;/h3-7,13,15-17H,8-12,21H2,1-2H3,(H,22,24)(H,26,27);1H/t16-,17-;/m0./s1. The molecule has 1 fully saturated rings. The second-order valence-corrected chi connectivity index (χ2v) is 7.55. The van der Waals surface area contributed by atoms with E-state index in [1.807, 2.05) is 30.3 Å². The van der Waals surface area contributed by atoms with Crippen LogP contribution in [-0.4, -0.2) is 53.0 Å². The van der Waals surface area contributed by atoms with Crippen LogP contribution in [-0.2, 0) is 20.8 Å². The van der Waals surface area contributed by atoms with E-state index in [0.717, 1.165) is 5.56 Å². The Morgan fingerprint density at radius 3 is 2.25 bits per heavy atom. The lowest BCUT2D eigenvalue weighted by molar-refractivity contribution is -0.405. The Bertz CT molecular complexity index is 661. The Kier molecular flexibility index (Phi) is 9.41. The summed E-state index contributed by atoms with van der Waals surface area (Å²) in [7, 11) is 0. The normalized spacial score (nSPS) is 16.8. The van der Waals surface area contributed by atoms with Crippen molar-refractivity contribution in [1.29, 1.82) is 0 Å².